The van der Waals surface area contributed by atoms with E-state index in [0.717, 1.165) is 11.1 Å². The van der Waals surface area contributed by atoms with Gasteiger partial charge in [-0.05, 0) is 34.7 Å². The molecule has 4 aromatic rings. The average molecular weight is 351 g/mol. The van der Waals surface area contributed by atoms with Crippen LogP contribution in [-0.4, -0.2) is 32.0 Å². The molecule has 2 heterocycles. The summed E-state index contributed by atoms with van der Waals surface area (Å²) in [5.74, 6) is 0.329. The van der Waals surface area contributed by atoms with Crippen LogP contribution in [0.3, 0.4) is 0 Å². The van der Waals surface area contributed by atoms with Crippen LogP contribution >= 0.6 is 11.8 Å². The fraction of sp³-hybridized carbons (Fsp3) is 0.0588. The second-order valence-electron chi connectivity index (χ2n) is 5.15. The molecule has 0 radical (unpaired) electrons. The first-order chi connectivity index (χ1) is 12.3. The molecule has 0 saturated carbocycles. The smallest absolute Gasteiger partial charge is 0.287 e. The minimum Gasteiger partial charge on any atom is -0.451 e. The Morgan fingerprint density at radius 1 is 1.12 bits per heavy atom. The average Bonchev–Trinajstić information content (AvgIpc) is 3.29. The zero-order valence-corrected chi connectivity index (χ0v) is 13.8. The molecule has 2 aromatic carbocycles. The molecule has 0 atom stereocenters. The van der Waals surface area contributed by atoms with Crippen LogP contribution < -0.4 is 5.32 Å². The number of para-hydroxylation sites is 2. The number of hydrogen-bond donors (Lipinski definition) is 1. The largest absolute Gasteiger partial charge is 0.451 e. The maximum atomic E-state index is 12.2. The van der Waals surface area contributed by atoms with Crippen LogP contribution in [0, 0.1) is 0 Å². The van der Waals surface area contributed by atoms with Gasteiger partial charge in [-0.3, -0.25) is 4.79 Å². The third-order valence-electron chi connectivity index (χ3n) is 3.52. The second-order valence-corrected chi connectivity index (χ2v) is 6.09. The van der Waals surface area contributed by atoms with Crippen molar-refractivity contribution < 1.29 is 9.21 Å². The van der Waals surface area contributed by atoms with Gasteiger partial charge in [-0.2, -0.15) is 4.68 Å². The van der Waals surface area contributed by atoms with Crippen LogP contribution in [0.15, 0.2) is 70.2 Å². The van der Waals surface area contributed by atoms with Crippen LogP contribution in [0.25, 0.3) is 16.7 Å². The first kappa shape index (κ1) is 15.4. The molecule has 0 aliphatic heterocycles. The maximum Gasteiger partial charge on any atom is 0.287 e. The summed E-state index contributed by atoms with van der Waals surface area (Å²) in [6, 6.07) is 18.8. The Balaban J connectivity index is 1.41. The SMILES string of the molecule is O=C(NCSc1nnnn1-c1ccccc1)c1cc2ccccc2o1. The fourth-order valence-electron chi connectivity index (χ4n) is 2.35. The Morgan fingerprint density at radius 2 is 1.92 bits per heavy atom. The predicted octanol–water partition coefficient (Wildman–Crippen LogP) is 2.89. The molecule has 124 valence electrons. The van der Waals surface area contributed by atoms with E-state index in [0.29, 0.717) is 16.6 Å². The number of thioether (sulfide) groups is 1. The van der Waals surface area contributed by atoms with Gasteiger partial charge >= 0.3 is 0 Å². The van der Waals surface area contributed by atoms with Crippen LogP contribution in [0.4, 0.5) is 0 Å². The zero-order valence-electron chi connectivity index (χ0n) is 13.0. The molecule has 1 N–H and O–H groups in total. The Bertz CT molecular complexity index is 979. The number of aromatic nitrogens is 4. The molecular formula is C17H13N5O2S. The van der Waals surface area contributed by atoms with Crippen molar-refractivity contribution >= 4 is 28.6 Å². The van der Waals surface area contributed by atoms with Crippen molar-refractivity contribution in [2.45, 2.75) is 5.16 Å². The van der Waals surface area contributed by atoms with Crippen LogP contribution in [0.5, 0.6) is 0 Å². The quantitative estimate of drug-likeness (QED) is 0.439. The number of tetrazole rings is 1. The Morgan fingerprint density at radius 3 is 2.76 bits per heavy atom. The summed E-state index contributed by atoms with van der Waals surface area (Å²) in [5, 5.41) is 15.9. The van der Waals surface area contributed by atoms with Crippen molar-refractivity contribution in [3.63, 3.8) is 0 Å². The third kappa shape index (κ3) is 3.24. The molecule has 0 spiro atoms. The van der Waals surface area contributed by atoms with Crippen molar-refractivity contribution in [3.8, 4) is 5.69 Å². The van der Waals surface area contributed by atoms with E-state index in [1.165, 1.54) is 11.8 Å². The molecule has 7 nitrogen and oxygen atoms in total. The van der Waals surface area contributed by atoms with Crippen LogP contribution in [-0.2, 0) is 0 Å². The summed E-state index contributed by atoms with van der Waals surface area (Å²) in [6.07, 6.45) is 0. The molecule has 0 unspecified atom stereocenters. The van der Waals surface area contributed by atoms with Gasteiger partial charge < -0.3 is 9.73 Å². The summed E-state index contributed by atoms with van der Waals surface area (Å²) in [6.45, 7) is 0. The number of benzene rings is 2. The monoisotopic (exact) mass is 351 g/mol. The van der Waals surface area contributed by atoms with Gasteiger partial charge in [-0.15, -0.1) is 5.10 Å². The lowest BCUT2D eigenvalue weighted by molar-refractivity contribution is 0.0935. The van der Waals surface area contributed by atoms with E-state index < -0.39 is 0 Å². The van der Waals surface area contributed by atoms with Gasteiger partial charge in [0.25, 0.3) is 5.91 Å². The van der Waals surface area contributed by atoms with E-state index in [-0.39, 0.29) is 11.7 Å². The van der Waals surface area contributed by atoms with Gasteiger partial charge in [0, 0.05) is 5.39 Å². The van der Waals surface area contributed by atoms with E-state index in [4.69, 9.17) is 4.42 Å². The van der Waals surface area contributed by atoms with Gasteiger partial charge in [0.2, 0.25) is 5.16 Å². The molecule has 8 heteroatoms. The van der Waals surface area contributed by atoms with Gasteiger partial charge in [-0.1, -0.05) is 48.2 Å². The number of fused-ring (bicyclic) bond motifs is 1. The normalized spacial score (nSPS) is 10.9. The predicted molar refractivity (Wildman–Crippen MR) is 93.6 cm³/mol. The van der Waals surface area contributed by atoms with Crippen molar-refractivity contribution in [2.75, 3.05) is 5.88 Å². The number of carbonyl (C=O) groups is 1. The third-order valence-corrected chi connectivity index (χ3v) is 4.33. The summed E-state index contributed by atoms with van der Waals surface area (Å²) in [7, 11) is 0. The molecule has 2 aromatic heterocycles. The standard InChI is InChI=1S/C17H13N5O2S/c23-16(15-10-12-6-4-5-9-14(12)24-15)18-11-25-17-19-20-21-22(17)13-7-2-1-3-8-13/h1-10H,11H2,(H,18,23). The first-order valence-corrected chi connectivity index (χ1v) is 8.53. The van der Waals surface area contributed by atoms with Gasteiger partial charge in [0.15, 0.2) is 5.76 Å². The van der Waals surface area contributed by atoms with Crippen LogP contribution in [0.1, 0.15) is 10.6 Å². The van der Waals surface area contributed by atoms with Crippen molar-refractivity contribution in [1.29, 1.82) is 0 Å². The molecule has 0 aliphatic rings. The molecule has 0 bridgehead atoms. The number of amides is 1. The minimum atomic E-state index is -0.276. The maximum absolute atomic E-state index is 12.2. The summed E-state index contributed by atoms with van der Waals surface area (Å²) in [4.78, 5) is 12.2. The Hall–Kier alpha value is -3.13. The molecule has 0 fully saturated rings. The molecule has 1 amide bonds. The van der Waals surface area contributed by atoms with Crippen LogP contribution in [0.2, 0.25) is 0 Å². The van der Waals surface area contributed by atoms with Crippen molar-refractivity contribution in [2.24, 2.45) is 0 Å². The first-order valence-electron chi connectivity index (χ1n) is 7.54. The summed E-state index contributed by atoms with van der Waals surface area (Å²) < 4.78 is 7.17. The van der Waals surface area contributed by atoms with Gasteiger partial charge in [0.1, 0.15) is 5.58 Å². The van der Waals surface area contributed by atoms with Crippen molar-refractivity contribution in [3.05, 3.63) is 66.4 Å². The highest BCUT2D eigenvalue weighted by atomic mass is 32.2. The van der Waals surface area contributed by atoms with E-state index in [1.54, 1.807) is 10.7 Å². The lowest BCUT2D eigenvalue weighted by Crippen LogP contribution is -2.22. The molecule has 0 aliphatic carbocycles. The topological polar surface area (TPSA) is 85.8 Å². The Labute approximate surface area is 147 Å². The highest BCUT2D eigenvalue weighted by molar-refractivity contribution is 7.99. The van der Waals surface area contributed by atoms with Gasteiger partial charge in [0.05, 0.1) is 11.6 Å². The van der Waals surface area contributed by atoms with Crippen molar-refractivity contribution in [1.82, 2.24) is 25.5 Å². The number of nitrogens with zero attached hydrogens (tertiary/aromatic N) is 4. The highest BCUT2D eigenvalue weighted by Gasteiger charge is 2.13. The molecule has 0 saturated heterocycles. The minimum absolute atomic E-state index is 0.276. The van der Waals surface area contributed by atoms with E-state index in [2.05, 4.69) is 20.8 Å². The van der Waals surface area contributed by atoms with E-state index >= 15 is 0 Å². The summed E-state index contributed by atoms with van der Waals surface area (Å²) in [5.41, 5.74) is 1.55. The lowest BCUT2D eigenvalue weighted by atomic mass is 10.2. The number of rotatable bonds is 5. The molecular weight excluding hydrogens is 338 g/mol. The Kier molecular flexibility index (Phi) is 4.17. The highest BCUT2D eigenvalue weighted by Crippen LogP contribution is 2.20. The number of furan rings is 1. The lowest BCUT2D eigenvalue weighted by Gasteiger charge is -2.04. The second kappa shape index (κ2) is 6.78. The number of carbonyl (C=O) groups excluding carboxylic acids is 1. The number of nitrogens with one attached hydrogen (secondary N) is 1. The molecule has 4 rings (SSSR count). The zero-order chi connectivity index (χ0) is 17.1. The van der Waals surface area contributed by atoms with Gasteiger partial charge in [-0.25, -0.2) is 0 Å². The van der Waals surface area contributed by atoms with E-state index in [9.17, 15) is 4.79 Å². The van der Waals surface area contributed by atoms with E-state index in [1.807, 2.05) is 54.6 Å². The number of hydrogen-bond acceptors (Lipinski definition) is 6. The fourth-order valence-corrected chi connectivity index (χ4v) is 3.04. The molecule has 25 heavy (non-hydrogen) atoms. The summed E-state index contributed by atoms with van der Waals surface area (Å²) >= 11 is 1.33.